The number of nitrogens with zero attached hydrogens (tertiary/aromatic N) is 2. The van der Waals surface area contributed by atoms with Gasteiger partial charge in [0.25, 0.3) is 5.91 Å². The van der Waals surface area contributed by atoms with Crippen molar-refractivity contribution in [2.24, 2.45) is 5.92 Å². The number of hydrogen-bond acceptors (Lipinski definition) is 6. The van der Waals surface area contributed by atoms with Crippen LogP contribution in [0, 0.1) is 12.8 Å². The molecule has 2 aromatic rings. The van der Waals surface area contributed by atoms with E-state index in [2.05, 4.69) is 10.5 Å². The fourth-order valence-electron chi connectivity index (χ4n) is 4.01. The molecule has 3 unspecified atom stereocenters. The van der Waals surface area contributed by atoms with Crippen molar-refractivity contribution in [3.8, 4) is 0 Å². The van der Waals surface area contributed by atoms with E-state index >= 15 is 0 Å². The molecule has 30 heavy (non-hydrogen) atoms. The summed E-state index contributed by atoms with van der Waals surface area (Å²) in [6.07, 6.45) is 0.797. The van der Waals surface area contributed by atoms with Gasteiger partial charge in [0.1, 0.15) is 11.5 Å². The highest BCUT2D eigenvalue weighted by Gasteiger charge is 2.49. The number of carbonyl (C=O) groups is 3. The van der Waals surface area contributed by atoms with E-state index < -0.39 is 23.9 Å². The lowest BCUT2D eigenvalue weighted by Crippen LogP contribution is -2.45. The van der Waals surface area contributed by atoms with Crippen molar-refractivity contribution in [1.29, 1.82) is 0 Å². The van der Waals surface area contributed by atoms with Crippen LogP contribution in [0.2, 0.25) is 0 Å². The van der Waals surface area contributed by atoms with Crippen LogP contribution in [0.25, 0.3) is 0 Å². The number of ether oxygens (including phenoxy) is 1. The second-order valence-electron chi connectivity index (χ2n) is 8.01. The largest absolute Gasteiger partial charge is 0.452 e. The lowest BCUT2D eigenvalue weighted by molar-refractivity contribution is -0.157. The van der Waals surface area contributed by atoms with Crippen LogP contribution in [0.5, 0.6) is 0 Å². The summed E-state index contributed by atoms with van der Waals surface area (Å²) < 4.78 is 10.6. The van der Waals surface area contributed by atoms with Gasteiger partial charge in [-0.15, -0.1) is 0 Å². The number of rotatable bonds is 7. The third-order valence-electron chi connectivity index (χ3n) is 5.49. The van der Waals surface area contributed by atoms with Gasteiger partial charge in [-0.1, -0.05) is 35.5 Å². The van der Waals surface area contributed by atoms with Gasteiger partial charge >= 0.3 is 5.97 Å². The molecule has 1 aromatic carbocycles. The third-order valence-corrected chi connectivity index (χ3v) is 5.49. The Balaban J connectivity index is 1.64. The molecule has 2 amide bonds. The molecule has 2 aliphatic rings. The maximum atomic E-state index is 13.4. The van der Waals surface area contributed by atoms with Crippen molar-refractivity contribution in [3.63, 3.8) is 0 Å². The van der Waals surface area contributed by atoms with Gasteiger partial charge in [0, 0.05) is 31.5 Å². The van der Waals surface area contributed by atoms with E-state index in [4.69, 9.17) is 9.26 Å². The Kier molecular flexibility index (Phi) is 5.57. The fraction of sp³-hybridized carbons (Fsp3) is 0.455. The monoisotopic (exact) mass is 411 g/mol. The van der Waals surface area contributed by atoms with E-state index in [1.807, 2.05) is 30.3 Å². The molecule has 158 valence electrons. The molecule has 0 radical (unpaired) electrons. The Morgan fingerprint density at radius 1 is 1.30 bits per heavy atom. The second kappa shape index (κ2) is 8.30. The maximum absolute atomic E-state index is 13.4. The molecule has 1 aliphatic carbocycles. The Morgan fingerprint density at radius 2 is 2.03 bits per heavy atom. The Hall–Kier alpha value is -3.16. The quantitative estimate of drug-likeness (QED) is 0.699. The fourth-order valence-corrected chi connectivity index (χ4v) is 4.01. The first kappa shape index (κ1) is 20.1. The number of benzene rings is 1. The summed E-state index contributed by atoms with van der Waals surface area (Å²) >= 11 is 0. The SMILES string of the molecule is CC(=O)OC(C(=O)NC1CC1)C1CN(Cc2cc(C)on2)C(=O)C1c1ccccc1. The van der Waals surface area contributed by atoms with Crippen LogP contribution in [-0.2, 0) is 25.7 Å². The highest BCUT2D eigenvalue weighted by atomic mass is 16.5. The number of amides is 2. The zero-order chi connectivity index (χ0) is 21.3. The van der Waals surface area contributed by atoms with Crippen LogP contribution in [0.3, 0.4) is 0 Å². The normalized spacial score (nSPS) is 22.1. The first-order valence-corrected chi connectivity index (χ1v) is 10.2. The topological polar surface area (TPSA) is 102 Å². The number of carbonyl (C=O) groups excluding carboxylic acids is 3. The molecule has 0 spiro atoms. The van der Waals surface area contributed by atoms with Crippen LogP contribution in [-0.4, -0.2) is 46.5 Å². The van der Waals surface area contributed by atoms with Crippen molar-refractivity contribution >= 4 is 17.8 Å². The number of esters is 1. The van der Waals surface area contributed by atoms with Crippen LogP contribution < -0.4 is 5.32 Å². The predicted molar refractivity (Wildman–Crippen MR) is 106 cm³/mol. The van der Waals surface area contributed by atoms with Gasteiger partial charge < -0.3 is 19.5 Å². The van der Waals surface area contributed by atoms with Crippen LogP contribution in [0.1, 0.15) is 42.7 Å². The molecule has 8 heteroatoms. The molecule has 2 fully saturated rings. The van der Waals surface area contributed by atoms with Crippen LogP contribution in [0.4, 0.5) is 0 Å². The maximum Gasteiger partial charge on any atom is 0.303 e. The molecule has 1 saturated carbocycles. The molecule has 3 atom stereocenters. The standard InChI is InChI=1S/C22H25N3O5/c1-13-10-17(24-30-13)11-25-12-18(19(22(25)28)15-6-4-3-5-7-15)20(29-14(2)26)21(27)23-16-8-9-16/h3-7,10,16,18-20H,8-9,11-12H2,1-2H3,(H,23,27). The summed E-state index contributed by atoms with van der Waals surface area (Å²) in [7, 11) is 0. The molecule has 1 N–H and O–H groups in total. The molecule has 0 bridgehead atoms. The van der Waals surface area contributed by atoms with Gasteiger partial charge in [-0.2, -0.15) is 0 Å². The van der Waals surface area contributed by atoms with Gasteiger partial charge in [-0.3, -0.25) is 14.4 Å². The molecule has 1 aromatic heterocycles. The molecule has 2 heterocycles. The van der Waals surface area contributed by atoms with Crippen molar-refractivity contribution in [2.45, 2.75) is 51.3 Å². The van der Waals surface area contributed by atoms with E-state index in [0.717, 1.165) is 18.4 Å². The zero-order valence-electron chi connectivity index (χ0n) is 17.0. The van der Waals surface area contributed by atoms with E-state index in [-0.39, 0.29) is 30.9 Å². The Labute approximate surface area is 174 Å². The predicted octanol–water partition coefficient (Wildman–Crippen LogP) is 1.94. The minimum Gasteiger partial charge on any atom is -0.452 e. The molecular weight excluding hydrogens is 386 g/mol. The zero-order valence-corrected chi connectivity index (χ0v) is 17.0. The van der Waals surface area contributed by atoms with Gasteiger partial charge in [-0.05, 0) is 25.3 Å². The van der Waals surface area contributed by atoms with Crippen molar-refractivity contribution in [1.82, 2.24) is 15.4 Å². The van der Waals surface area contributed by atoms with E-state index in [0.29, 0.717) is 11.5 Å². The number of hydrogen-bond donors (Lipinski definition) is 1. The number of aryl methyl sites for hydroxylation is 1. The van der Waals surface area contributed by atoms with E-state index in [9.17, 15) is 14.4 Å². The molecule has 1 aliphatic heterocycles. The van der Waals surface area contributed by atoms with Crippen molar-refractivity contribution in [3.05, 3.63) is 53.4 Å². The minimum absolute atomic E-state index is 0.122. The summed E-state index contributed by atoms with van der Waals surface area (Å²) in [5.41, 5.74) is 1.43. The molecule has 4 rings (SSSR count). The Bertz CT molecular complexity index is 937. The molecule has 1 saturated heterocycles. The first-order valence-electron chi connectivity index (χ1n) is 10.2. The molecule has 8 nitrogen and oxygen atoms in total. The smallest absolute Gasteiger partial charge is 0.303 e. The first-order chi connectivity index (χ1) is 14.4. The van der Waals surface area contributed by atoms with Gasteiger partial charge in [0.2, 0.25) is 5.91 Å². The van der Waals surface area contributed by atoms with Crippen molar-refractivity contribution < 1.29 is 23.6 Å². The Morgan fingerprint density at radius 3 is 2.63 bits per heavy atom. The van der Waals surface area contributed by atoms with Gasteiger partial charge in [0.05, 0.1) is 12.5 Å². The number of aromatic nitrogens is 1. The van der Waals surface area contributed by atoms with Gasteiger partial charge in [-0.25, -0.2) is 0 Å². The van der Waals surface area contributed by atoms with Crippen molar-refractivity contribution in [2.75, 3.05) is 6.54 Å². The van der Waals surface area contributed by atoms with E-state index in [1.165, 1.54) is 6.92 Å². The minimum atomic E-state index is -1.04. The highest BCUT2D eigenvalue weighted by Crippen LogP contribution is 2.38. The van der Waals surface area contributed by atoms with Gasteiger partial charge in [0.15, 0.2) is 6.10 Å². The number of likely N-dealkylation sites (tertiary alicyclic amines) is 1. The third kappa shape index (κ3) is 4.37. The highest BCUT2D eigenvalue weighted by molar-refractivity contribution is 5.90. The summed E-state index contributed by atoms with van der Waals surface area (Å²) in [5, 5.41) is 6.90. The average molecular weight is 411 g/mol. The number of nitrogens with one attached hydrogen (secondary N) is 1. The van der Waals surface area contributed by atoms with Crippen LogP contribution >= 0.6 is 0 Å². The summed E-state index contributed by atoms with van der Waals surface area (Å²) in [4.78, 5) is 39.7. The molecular formula is C22H25N3O5. The van der Waals surface area contributed by atoms with E-state index in [1.54, 1.807) is 17.9 Å². The average Bonchev–Trinajstić information content (AvgIpc) is 3.34. The summed E-state index contributed by atoms with van der Waals surface area (Å²) in [5.74, 6) is -1.44. The second-order valence-corrected chi connectivity index (χ2v) is 8.01. The lowest BCUT2D eigenvalue weighted by atomic mass is 9.84. The summed E-state index contributed by atoms with van der Waals surface area (Å²) in [6, 6.07) is 11.2. The van der Waals surface area contributed by atoms with Crippen LogP contribution in [0.15, 0.2) is 40.9 Å². The lowest BCUT2D eigenvalue weighted by Gasteiger charge is -2.26. The summed E-state index contributed by atoms with van der Waals surface area (Å²) in [6.45, 7) is 3.62.